The van der Waals surface area contributed by atoms with Crippen molar-refractivity contribution in [2.45, 2.75) is 13.3 Å². The van der Waals surface area contributed by atoms with E-state index in [2.05, 4.69) is 0 Å². The molecule has 0 bridgehead atoms. The summed E-state index contributed by atoms with van der Waals surface area (Å²) in [5, 5.41) is 18.2. The van der Waals surface area contributed by atoms with E-state index in [9.17, 15) is 14.5 Å². The Morgan fingerprint density at radius 2 is 2.36 bits per heavy atom. The van der Waals surface area contributed by atoms with E-state index in [1.807, 2.05) is 0 Å². The highest BCUT2D eigenvalue weighted by Gasteiger charge is 2.30. The van der Waals surface area contributed by atoms with Crippen LogP contribution in [-0.2, 0) is 0 Å². The number of rotatable bonds is 4. The minimum atomic E-state index is -1.11. The van der Waals surface area contributed by atoms with Gasteiger partial charge in [0.15, 0.2) is 0 Å². The minimum absolute atomic E-state index is 0.121. The third-order valence-electron chi connectivity index (χ3n) is 1.34. The highest BCUT2D eigenvalue weighted by atomic mass is 19.1. The molecule has 0 amide bonds. The van der Waals surface area contributed by atoms with E-state index in [4.69, 9.17) is 5.26 Å². The molecule has 11 heavy (non-hydrogen) atoms. The zero-order chi connectivity index (χ0) is 8.91. The molecule has 0 N–H and O–H groups in total. The third-order valence-corrected chi connectivity index (χ3v) is 1.34. The van der Waals surface area contributed by atoms with Crippen LogP contribution in [0, 0.1) is 26.9 Å². The lowest BCUT2D eigenvalue weighted by Gasteiger charge is -2.16. The second-order valence-electron chi connectivity index (χ2n) is 2.77. The lowest BCUT2D eigenvalue weighted by atomic mass is 9.89. The Morgan fingerprint density at radius 1 is 1.82 bits per heavy atom. The van der Waals surface area contributed by atoms with Gasteiger partial charge in [-0.25, -0.2) is 0 Å². The summed E-state index contributed by atoms with van der Waals surface area (Å²) in [6, 6.07) is 1.72. The van der Waals surface area contributed by atoms with E-state index >= 15 is 0 Å². The first-order chi connectivity index (χ1) is 5.04. The molecule has 0 rings (SSSR count). The molecule has 4 nitrogen and oxygen atoms in total. The molecule has 1 atom stereocenters. The van der Waals surface area contributed by atoms with E-state index < -0.39 is 23.6 Å². The quantitative estimate of drug-likeness (QED) is 0.457. The fourth-order valence-corrected chi connectivity index (χ4v) is 0.648. The van der Waals surface area contributed by atoms with E-state index in [1.165, 1.54) is 6.92 Å². The second-order valence-corrected chi connectivity index (χ2v) is 2.77. The summed E-state index contributed by atoms with van der Waals surface area (Å²) in [5.74, 6) is 0. The summed E-state index contributed by atoms with van der Waals surface area (Å²) in [6.07, 6.45) is -0.121. The molecule has 62 valence electrons. The Bertz CT molecular complexity index is 190. The van der Waals surface area contributed by atoms with Crippen LogP contribution < -0.4 is 0 Å². The van der Waals surface area contributed by atoms with Crippen molar-refractivity contribution in [3.05, 3.63) is 10.1 Å². The van der Waals surface area contributed by atoms with Gasteiger partial charge < -0.3 is 0 Å². The number of hydrogen-bond donors (Lipinski definition) is 0. The van der Waals surface area contributed by atoms with Gasteiger partial charge in [-0.05, 0) is 6.92 Å². The summed E-state index contributed by atoms with van der Waals surface area (Å²) in [4.78, 5) is 9.38. The van der Waals surface area contributed by atoms with Gasteiger partial charge in [0.2, 0.25) is 6.54 Å². The molecule has 0 fully saturated rings. The summed E-state index contributed by atoms with van der Waals surface area (Å²) in [6.45, 7) is 0.0671. The molecule has 1 unspecified atom stereocenters. The standard InChI is InChI=1S/C6H9FN2O2/c1-6(4-7,2-3-8)5-9(10)11/h2,4-5H2,1H3. The number of hydrogen-bond acceptors (Lipinski definition) is 3. The average molecular weight is 160 g/mol. The molecule has 0 saturated carbocycles. The van der Waals surface area contributed by atoms with Crippen molar-refractivity contribution in [2.24, 2.45) is 5.41 Å². The highest BCUT2D eigenvalue weighted by Crippen LogP contribution is 2.21. The molecule has 0 aliphatic heterocycles. The van der Waals surface area contributed by atoms with Gasteiger partial charge in [-0.3, -0.25) is 14.5 Å². The van der Waals surface area contributed by atoms with Crippen LogP contribution in [0.15, 0.2) is 0 Å². The Morgan fingerprint density at radius 3 is 2.64 bits per heavy atom. The van der Waals surface area contributed by atoms with Gasteiger partial charge >= 0.3 is 0 Å². The van der Waals surface area contributed by atoms with Crippen LogP contribution in [0.25, 0.3) is 0 Å². The molecule has 5 heteroatoms. The zero-order valence-corrected chi connectivity index (χ0v) is 6.21. The maximum Gasteiger partial charge on any atom is 0.212 e. The van der Waals surface area contributed by atoms with Crippen molar-refractivity contribution in [2.75, 3.05) is 13.2 Å². The number of nitrogens with zero attached hydrogens (tertiary/aromatic N) is 2. The van der Waals surface area contributed by atoms with Gasteiger partial charge in [-0.15, -0.1) is 0 Å². The lowest BCUT2D eigenvalue weighted by molar-refractivity contribution is -0.496. The first-order valence-corrected chi connectivity index (χ1v) is 3.09. The van der Waals surface area contributed by atoms with E-state index in [1.54, 1.807) is 6.07 Å². The molecule has 0 saturated heterocycles. The van der Waals surface area contributed by atoms with Crippen molar-refractivity contribution in [1.29, 1.82) is 5.26 Å². The first kappa shape index (κ1) is 9.82. The summed E-state index contributed by atoms with van der Waals surface area (Å²) < 4.78 is 12.1. The Balaban J connectivity index is 4.12. The van der Waals surface area contributed by atoms with Crippen LogP contribution >= 0.6 is 0 Å². The molecule has 0 aromatic heterocycles. The SMILES string of the molecule is CC(CF)(CC#N)C[N+](=O)[O-]. The largest absolute Gasteiger partial charge is 0.265 e. The predicted octanol–water partition coefficient (Wildman–Crippen LogP) is 1.15. The molecule has 0 spiro atoms. The highest BCUT2D eigenvalue weighted by molar-refractivity contribution is 4.84. The summed E-state index contributed by atoms with van der Waals surface area (Å²) in [5.41, 5.74) is -1.11. The Hall–Kier alpha value is -1.18. The smallest absolute Gasteiger partial charge is 0.212 e. The van der Waals surface area contributed by atoms with Crippen molar-refractivity contribution in [3.8, 4) is 6.07 Å². The number of halogens is 1. The topological polar surface area (TPSA) is 66.9 Å². The van der Waals surface area contributed by atoms with Crippen molar-refractivity contribution in [1.82, 2.24) is 0 Å². The molecule has 0 heterocycles. The Labute approximate surface area is 63.8 Å². The van der Waals surface area contributed by atoms with Crippen LogP contribution in [0.5, 0.6) is 0 Å². The lowest BCUT2D eigenvalue weighted by Crippen LogP contribution is -2.28. The predicted molar refractivity (Wildman–Crippen MR) is 36.2 cm³/mol. The number of nitriles is 1. The second kappa shape index (κ2) is 3.86. The Kier molecular flexibility index (Phi) is 3.45. The van der Waals surface area contributed by atoms with Crippen LogP contribution in [0.2, 0.25) is 0 Å². The molecule has 0 aromatic rings. The molecule has 0 aliphatic carbocycles. The summed E-state index contributed by atoms with van der Waals surface area (Å²) in [7, 11) is 0. The van der Waals surface area contributed by atoms with Crippen molar-refractivity contribution < 1.29 is 9.31 Å². The van der Waals surface area contributed by atoms with Crippen LogP contribution in [-0.4, -0.2) is 18.1 Å². The van der Waals surface area contributed by atoms with E-state index in [0.29, 0.717) is 0 Å². The average Bonchev–Trinajstić information content (AvgIpc) is 1.87. The van der Waals surface area contributed by atoms with Gasteiger partial charge in [-0.1, -0.05) is 0 Å². The molecule has 0 aromatic carbocycles. The number of alkyl halides is 1. The van der Waals surface area contributed by atoms with Crippen LogP contribution in [0.4, 0.5) is 4.39 Å². The molecule has 0 aliphatic rings. The van der Waals surface area contributed by atoms with Crippen molar-refractivity contribution in [3.63, 3.8) is 0 Å². The number of nitro groups is 1. The van der Waals surface area contributed by atoms with Crippen LogP contribution in [0.3, 0.4) is 0 Å². The van der Waals surface area contributed by atoms with Gasteiger partial charge in [0.05, 0.1) is 11.5 Å². The van der Waals surface area contributed by atoms with E-state index in [0.717, 1.165) is 0 Å². The van der Waals surface area contributed by atoms with E-state index in [-0.39, 0.29) is 6.42 Å². The zero-order valence-electron chi connectivity index (χ0n) is 6.21. The third kappa shape index (κ3) is 3.50. The first-order valence-electron chi connectivity index (χ1n) is 3.09. The molecular formula is C6H9FN2O2. The maximum absolute atomic E-state index is 12.1. The molecular weight excluding hydrogens is 151 g/mol. The molecule has 0 radical (unpaired) electrons. The van der Waals surface area contributed by atoms with Crippen LogP contribution in [0.1, 0.15) is 13.3 Å². The fraction of sp³-hybridized carbons (Fsp3) is 0.833. The van der Waals surface area contributed by atoms with Gasteiger partial charge in [0.1, 0.15) is 6.67 Å². The van der Waals surface area contributed by atoms with Gasteiger partial charge in [-0.2, -0.15) is 5.26 Å². The normalized spacial score (nSPS) is 15.0. The van der Waals surface area contributed by atoms with Gasteiger partial charge in [0, 0.05) is 11.3 Å². The summed E-state index contributed by atoms with van der Waals surface area (Å²) >= 11 is 0. The maximum atomic E-state index is 12.1. The van der Waals surface area contributed by atoms with Crippen molar-refractivity contribution >= 4 is 0 Å². The minimum Gasteiger partial charge on any atom is -0.265 e. The fourth-order valence-electron chi connectivity index (χ4n) is 0.648. The van der Waals surface area contributed by atoms with Gasteiger partial charge in [0.25, 0.3) is 0 Å². The monoisotopic (exact) mass is 160 g/mol.